The summed E-state index contributed by atoms with van der Waals surface area (Å²) in [5, 5.41) is 0. The molecule has 0 unspecified atom stereocenters. The van der Waals surface area contributed by atoms with Gasteiger partial charge in [-0.1, -0.05) is 30.3 Å². The van der Waals surface area contributed by atoms with Crippen molar-refractivity contribution in [1.29, 1.82) is 0 Å². The van der Waals surface area contributed by atoms with Gasteiger partial charge in [0.2, 0.25) is 0 Å². The SMILES string of the molecule is CSc1ccc(OCCCC(=O)c2ccccc2)cc1. The van der Waals surface area contributed by atoms with Gasteiger partial charge in [-0.3, -0.25) is 4.79 Å². The Labute approximate surface area is 124 Å². The van der Waals surface area contributed by atoms with Crippen LogP contribution in [0.4, 0.5) is 0 Å². The van der Waals surface area contributed by atoms with Gasteiger partial charge in [0.05, 0.1) is 6.61 Å². The number of hydrogen-bond acceptors (Lipinski definition) is 3. The quantitative estimate of drug-likeness (QED) is 0.427. The van der Waals surface area contributed by atoms with Crippen molar-refractivity contribution in [1.82, 2.24) is 0 Å². The smallest absolute Gasteiger partial charge is 0.163 e. The Hall–Kier alpha value is -1.74. The highest BCUT2D eigenvalue weighted by Crippen LogP contribution is 2.19. The molecule has 2 aromatic carbocycles. The van der Waals surface area contributed by atoms with Crippen molar-refractivity contribution in [3.8, 4) is 5.75 Å². The first-order valence-corrected chi connectivity index (χ1v) is 7.87. The minimum Gasteiger partial charge on any atom is -0.494 e. The average Bonchev–Trinajstić information content (AvgIpc) is 2.53. The fourth-order valence-electron chi connectivity index (χ4n) is 1.86. The maximum atomic E-state index is 11.9. The summed E-state index contributed by atoms with van der Waals surface area (Å²) in [6, 6.07) is 17.4. The highest BCUT2D eigenvalue weighted by atomic mass is 32.2. The molecule has 0 atom stereocenters. The summed E-state index contributed by atoms with van der Waals surface area (Å²) in [6.07, 6.45) is 3.30. The number of Topliss-reactive ketones (excluding diaryl/α,β-unsaturated/α-hetero) is 1. The van der Waals surface area contributed by atoms with Gasteiger partial charge < -0.3 is 4.74 Å². The van der Waals surface area contributed by atoms with Gasteiger partial charge in [0, 0.05) is 16.9 Å². The number of hydrogen-bond donors (Lipinski definition) is 0. The third-order valence-electron chi connectivity index (χ3n) is 2.97. The van der Waals surface area contributed by atoms with E-state index in [-0.39, 0.29) is 5.78 Å². The van der Waals surface area contributed by atoms with Gasteiger partial charge >= 0.3 is 0 Å². The van der Waals surface area contributed by atoms with Crippen molar-refractivity contribution in [2.24, 2.45) is 0 Å². The first kappa shape index (κ1) is 14.7. The molecule has 0 bridgehead atoms. The topological polar surface area (TPSA) is 26.3 Å². The second-order valence-corrected chi connectivity index (χ2v) is 5.30. The van der Waals surface area contributed by atoms with Crippen LogP contribution in [0.2, 0.25) is 0 Å². The fraction of sp³-hybridized carbons (Fsp3) is 0.235. The largest absolute Gasteiger partial charge is 0.494 e. The minimum atomic E-state index is 0.173. The van der Waals surface area contributed by atoms with Crippen molar-refractivity contribution in [3.63, 3.8) is 0 Å². The molecule has 0 fully saturated rings. The zero-order chi connectivity index (χ0) is 14.2. The first-order chi connectivity index (χ1) is 9.79. The lowest BCUT2D eigenvalue weighted by Gasteiger charge is -2.06. The van der Waals surface area contributed by atoms with Crippen LogP contribution in [0.25, 0.3) is 0 Å². The molecule has 0 heterocycles. The Kier molecular flexibility index (Phi) is 5.69. The van der Waals surface area contributed by atoms with Crippen LogP contribution < -0.4 is 4.74 Å². The van der Waals surface area contributed by atoms with E-state index < -0.39 is 0 Å². The minimum absolute atomic E-state index is 0.173. The second kappa shape index (κ2) is 7.75. The highest BCUT2D eigenvalue weighted by molar-refractivity contribution is 7.98. The summed E-state index contributed by atoms with van der Waals surface area (Å²) >= 11 is 1.71. The van der Waals surface area contributed by atoms with Crippen molar-refractivity contribution in [2.45, 2.75) is 17.7 Å². The van der Waals surface area contributed by atoms with E-state index in [2.05, 4.69) is 0 Å². The van der Waals surface area contributed by atoms with Gasteiger partial charge in [-0.15, -0.1) is 11.8 Å². The molecule has 0 aromatic heterocycles. The van der Waals surface area contributed by atoms with Crippen LogP contribution in [0.5, 0.6) is 5.75 Å². The monoisotopic (exact) mass is 286 g/mol. The van der Waals surface area contributed by atoms with Crippen molar-refractivity contribution >= 4 is 17.5 Å². The third-order valence-corrected chi connectivity index (χ3v) is 3.72. The molecule has 0 spiro atoms. The predicted molar refractivity (Wildman–Crippen MR) is 83.7 cm³/mol. The van der Waals surface area contributed by atoms with Gasteiger partial charge in [-0.2, -0.15) is 0 Å². The van der Waals surface area contributed by atoms with E-state index in [4.69, 9.17) is 4.74 Å². The molecule has 3 heteroatoms. The first-order valence-electron chi connectivity index (χ1n) is 6.64. The second-order valence-electron chi connectivity index (χ2n) is 4.42. The zero-order valence-electron chi connectivity index (χ0n) is 11.5. The molecule has 104 valence electrons. The Bertz CT molecular complexity index is 535. The van der Waals surface area contributed by atoms with Crippen LogP contribution in [0.3, 0.4) is 0 Å². The van der Waals surface area contributed by atoms with Crippen LogP contribution in [0.1, 0.15) is 23.2 Å². The molecule has 2 rings (SSSR count). The van der Waals surface area contributed by atoms with Crippen molar-refractivity contribution in [3.05, 3.63) is 60.2 Å². The average molecular weight is 286 g/mol. The summed E-state index contributed by atoms with van der Waals surface area (Å²) in [6.45, 7) is 0.567. The molecule has 0 aliphatic carbocycles. The molecule has 0 saturated heterocycles. The van der Waals surface area contributed by atoms with E-state index in [1.807, 2.05) is 60.9 Å². The molecule has 0 aliphatic heterocycles. The Morgan fingerprint density at radius 1 is 1.05 bits per heavy atom. The van der Waals surface area contributed by atoms with Crippen LogP contribution in [0, 0.1) is 0 Å². The summed E-state index contributed by atoms with van der Waals surface area (Å²) in [5.74, 6) is 1.03. The predicted octanol–water partition coefficient (Wildman–Crippen LogP) is 4.45. The normalized spacial score (nSPS) is 10.2. The van der Waals surface area contributed by atoms with E-state index in [9.17, 15) is 4.79 Å². The third kappa shape index (κ3) is 4.42. The molecular formula is C17H18O2S. The van der Waals surface area contributed by atoms with E-state index in [0.717, 1.165) is 17.7 Å². The molecule has 0 amide bonds. The molecular weight excluding hydrogens is 268 g/mol. The number of carbonyl (C=O) groups excluding carboxylic acids is 1. The lowest BCUT2D eigenvalue weighted by atomic mass is 10.1. The van der Waals surface area contributed by atoms with Gasteiger partial charge in [-0.25, -0.2) is 0 Å². The van der Waals surface area contributed by atoms with Crippen LogP contribution >= 0.6 is 11.8 Å². The maximum absolute atomic E-state index is 11.9. The number of ether oxygens (including phenoxy) is 1. The molecule has 0 N–H and O–H groups in total. The van der Waals surface area contributed by atoms with Gasteiger partial charge in [-0.05, 0) is 36.9 Å². The number of carbonyl (C=O) groups is 1. The summed E-state index contributed by atoms with van der Waals surface area (Å²) in [7, 11) is 0. The number of thioether (sulfide) groups is 1. The summed E-state index contributed by atoms with van der Waals surface area (Å²) in [5.41, 5.74) is 0.775. The number of rotatable bonds is 7. The van der Waals surface area contributed by atoms with Gasteiger partial charge in [0.15, 0.2) is 5.78 Å². The lowest BCUT2D eigenvalue weighted by molar-refractivity contribution is 0.0973. The molecule has 0 aliphatic rings. The van der Waals surface area contributed by atoms with Gasteiger partial charge in [0.1, 0.15) is 5.75 Å². The molecule has 2 nitrogen and oxygen atoms in total. The molecule has 0 saturated carbocycles. The highest BCUT2D eigenvalue weighted by Gasteiger charge is 2.04. The Morgan fingerprint density at radius 3 is 2.40 bits per heavy atom. The van der Waals surface area contributed by atoms with Crippen molar-refractivity contribution in [2.75, 3.05) is 12.9 Å². The van der Waals surface area contributed by atoms with E-state index in [1.165, 1.54) is 4.90 Å². The molecule has 20 heavy (non-hydrogen) atoms. The standard InChI is InChI=1S/C17H18O2S/c1-20-16-11-9-15(10-12-16)19-13-5-8-17(18)14-6-3-2-4-7-14/h2-4,6-7,9-12H,5,8,13H2,1H3. The Balaban J connectivity index is 1.72. The maximum Gasteiger partial charge on any atom is 0.163 e. The molecule has 0 radical (unpaired) electrons. The molecule has 2 aromatic rings. The van der Waals surface area contributed by atoms with Crippen molar-refractivity contribution < 1.29 is 9.53 Å². The zero-order valence-corrected chi connectivity index (χ0v) is 12.4. The summed E-state index contributed by atoms with van der Waals surface area (Å²) < 4.78 is 5.63. The fourth-order valence-corrected chi connectivity index (χ4v) is 2.27. The van der Waals surface area contributed by atoms with Gasteiger partial charge in [0.25, 0.3) is 0 Å². The number of benzene rings is 2. The Morgan fingerprint density at radius 2 is 1.75 bits per heavy atom. The summed E-state index contributed by atoms with van der Waals surface area (Å²) in [4.78, 5) is 13.1. The lowest BCUT2D eigenvalue weighted by Crippen LogP contribution is -2.03. The van der Waals surface area contributed by atoms with Crippen LogP contribution in [-0.4, -0.2) is 18.6 Å². The number of ketones is 1. The van der Waals surface area contributed by atoms with E-state index in [1.54, 1.807) is 11.8 Å². The van der Waals surface area contributed by atoms with E-state index >= 15 is 0 Å². The van der Waals surface area contributed by atoms with Crippen LogP contribution in [-0.2, 0) is 0 Å². The van der Waals surface area contributed by atoms with E-state index in [0.29, 0.717) is 13.0 Å². The van der Waals surface area contributed by atoms with Crippen LogP contribution in [0.15, 0.2) is 59.5 Å².